The Bertz CT molecular complexity index is 612. The van der Waals surface area contributed by atoms with E-state index in [0.29, 0.717) is 17.9 Å². The molecule has 1 aromatic rings. The zero-order valence-corrected chi connectivity index (χ0v) is 15.7. The Morgan fingerprint density at radius 2 is 1.88 bits per heavy atom. The molecule has 0 saturated carbocycles. The molecule has 0 atom stereocenters. The summed E-state index contributed by atoms with van der Waals surface area (Å²) in [5.74, 6) is 0.640. The lowest BCUT2D eigenvalue weighted by molar-refractivity contribution is -0.121. The summed E-state index contributed by atoms with van der Waals surface area (Å²) in [6.45, 7) is 6.35. The summed E-state index contributed by atoms with van der Waals surface area (Å²) >= 11 is 0. The molecule has 7 heteroatoms. The van der Waals surface area contributed by atoms with Gasteiger partial charge in [0.05, 0.1) is 24.6 Å². The van der Waals surface area contributed by atoms with Gasteiger partial charge in [-0.15, -0.1) is 0 Å². The van der Waals surface area contributed by atoms with Crippen LogP contribution in [0.2, 0.25) is 0 Å². The fourth-order valence-corrected chi connectivity index (χ4v) is 3.10. The number of sulfonamides is 1. The lowest BCUT2D eigenvalue weighted by Crippen LogP contribution is -2.38. The van der Waals surface area contributed by atoms with Gasteiger partial charge >= 0.3 is 0 Å². The van der Waals surface area contributed by atoms with E-state index < -0.39 is 10.0 Å². The topological polar surface area (TPSA) is 75.7 Å². The predicted molar refractivity (Wildman–Crippen MR) is 96.9 cm³/mol. The van der Waals surface area contributed by atoms with Gasteiger partial charge in [-0.25, -0.2) is 8.42 Å². The first-order valence-electron chi connectivity index (χ1n) is 8.25. The van der Waals surface area contributed by atoms with E-state index in [1.807, 2.05) is 20.8 Å². The molecule has 1 N–H and O–H groups in total. The van der Waals surface area contributed by atoms with Gasteiger partial charge in [-0.05, 0) is 44.5 Å². The molecule has 1 aromatic carbocycles. The zero-order chi connectivity index (χ0) is 18.2. The van der Waals surface area contributed by atoms with Gasteiger partial charge in [0.1, 0.15) is 5.75 Å². The molecule has 0 fully saturated rings. The maximum absolute atomic E-state index is 12.0. The number of unbranched alkanes of at least 4 members (excludes halogenated alkanes) is 1. The van der Waals surface area contributed by atoms with Gasteiger partial charge in [0.15, 0.2) is 0 Å². The molecule has 0 bridgehead atoms. The van der Waals surface area contributed by atoms with Crippen molar-refractivity contribution in [2.45, 2.75) is 46.1 Å². The summed E-state index contributed by atoms with van der Waals surface area (Å²) in [6.07, 6.45) is 3.47. The third-order valence-corrected chi connectivity index (χ3v) is 4.49. The minimum atomic E-state index is -3.43. The molecular weight excluding hydrogens is 328 g/mol. The average Bonchev–Trinajstić information content (AvgIpc) is 2.49. The Hall–Kier alpha value is -1.76. The number of hydrogen-bond acceptors (Lipinski definition) is 4. The monoisotopic (exact) mass is 356 g/mol. The summed E-state index contributed by atoms with van der Waals surface area (Å²) in [5, 5.41) is 2.76. The Labute approximate surface area is 145 Å². The molecule has 0 aliphatic carbocycles. The molecule has 0 unspecified atom stereocenters. The van der Waals surface area contributed by atoms with Gasteiger partial charge < -0.3 is 10.1 Å². The Morgan fingerprint density at radius 1 is 1.25 bits per heavy atom. The van der Waals surface area contributed by atoms with Crippen molar-refractivity contribution in [3.8, 4) is 5.75 Å². The van der Waals surface area contributed by atoms with Crippen molar-refractivity contribution in [3.63, 3.8) is 0 Å². The lowest BCUT2D eigenvalue weighted by atomic mass is 10.2. The number of rotatable bonds is 10. The third kappa shape index (κ3) is 7.21. The maximum Gasteiger partial charge on any atom is 0.232 e. The quantitative estimate of drug-likeness (QED) is 0.699. The number of anilines is 1. The van der Waals surface area contributed by atoms with E-state index in [1.165, 1.54) is 4.31 Å². The molecule has 0 spiro atoms. The van der Waals surface area contributed by atoms with E-state index in [9.17, 15) is 13.2 Å². The number of benzene rings is 1. The van der Waals surface area contributed by atoms with Crippen molar-refractivity contribution in [2.75, 3.05) is 23.7 Å². The molecule has 24 heavy (non-hydrogen) atoms. The highest BCUT2D eigenvalue weighted by atomic mass is 32.2. The molecule has 6 nitrogen and oxygen atoms in total. The second-order valence-electron chi connectivity index (χ2n) is 5.95. The molecule has 1 rings (SSSR count). The van der Waals surface area contributed by atoms with Gasteiger partial charge in [-0.3, -0.25) is 9.10 Å². The molecule has 1 amide bonds. The van der Waals surface area contributed by atoms with Crippen molar-refractivity contribution >= 4 is 21.6 Å². The zero-order valence-electron chi connectivity index (χ0n) is 14.9. The lowest BCUT2D eigenvalue weighted by Gasteiger charge is -2.23. The van der Waals surface area contributed by atoms with Gasteiger partial charge in [0.2, 0.25) is 15.9 Å². The van der Waals surface area contributed by atoms with Crippen LogP contribution in [0.3, 0.4) is 0 Å². The first-order chi connectivity index (χ1) is 11.2. The van der Waals surface area contributed by atoms with Gasteiger partial charge in [0, 0.05) is 13.0 Å². The standard InChI is InChI=1S/C17H28N2O4S/c1-5-6-7-17(20)18-12-13-19(24(4,21)22)15-8-10-16(11-9-15)23-14(2)3/h8-11,14H,5-7,12-13H2,1-4H3,(H,18,20). The van der Waals surface area contributed by atoms with Crippen LogP contribution in [0.25, 0.3) is 0 Å². The fraction of sp³-hybridized carbons (Fsp3) is 0.588. The van der Waals surface area contributed by atoms with E-state index in [4.69, 9.17) is 4.74 Å². The number of carbonyl (C=O) groups excluding carboxylic acids is 1. The summed E-state index contributed by atoms with van der Waals surface area (Å²) in [5.41, 5.74) is 0.552. The molecular formula is C17H28N2O4S. The molecule has 0 aromatic heterocycles. The SMILES string of the molecule is CCCCC(=O)NCCN(c1ccc(OC(C)C)cc1)S(C)(=O)=O. The number of carbonyl (C=O) groups is 1. The van der Waals surface area contributed by atoms with Crippen LogP contribution < -0.4 is 14.4 Å². The summed E-state index contributed by atoms with van der Waals surface area (Å²) in [7, 11) is -3.43. The summed E-state index contributed by atoms with van der Waals surface area (Å²) < 4.78 is 30.9. The molecule has 0 heterocycles. The Kier molecular flexibility index (Phi) is 8.04. The molecule has 0 radical (unpaired) electrons. The highest BCUT2D eigenvalue weighted by Gasteiger charge is 2.17. The van der Waals surface area contributed by atoms with E-state index in [-0.39, 0.29) is 25.1 Å². The number of nitrogens with one attached hydrogen (secondary N) is 1. The van der Waals surface area contributed by atoms with E-state index in [0.717, 1.165) is 19.1 Å². The Morgan fingerprint density at radius 3 is 2.38 bits per heavy atom. The number of ether oxygens (including phenoxy) is 1. The van der Waals surface area contributed by atoms with E-state index in [2.05, 4.69) is 5.32 Å². The van der Waals surface area contributed by atoms with Gasteiger partial charge in [-0.2, -0.15) is 0 Å². The van der Waals surface area contributed by atoms with Crippen LogP contribution in [-0.2, 0) is 14.8 Å². The van der Waals surface area contributed by atoms with Crippen LogP contribution in [0.15, 0.2) is 24.3 Å². The van der Waals surface area contributed by atoms with E-state index in [1.54, 1.807) is 24.3 Å². The fourth-order valence-electron chi connectivity index (χ4n) is 2.17. The van der Waals surface area contributed by atoms with Crippen LogP contribution >= 0.6 is 0 Å². The van der Waals surface area contributed by atoms with E-state index >= 15 is 0 Å². The molecule has 0 aliphatic rings. The predicted octanol–water partition coefficient (Wildman–Crippen LogP) is 2.55. The summed E-state index contributed by atoms with van der Waals surface area (Å²) in [4.78, 5) is 11.6. The average molecular weight is 356 g/mol. The number of hydrogen-bond donors (Lipinski definition) is 1. The smallest absolute Gasteiger partial charge is 0.232 e. The highest BCUT2D eigenvalue weighted by molar-refractivity contribution is 7.92. The minimum Gasteiger partial charge on any atom is -0.491 e. The second-order valence-corrected chi connectivity index (χ2v) is 7.86. The third-order valence-electron chi connectivity index (χ3n) is 3.29. The van der Waals surface area contributed by atoms with Crippen molar-refractivity contribution in [1.82, 2.24) is 5.32 Å². The first-order valence-corrected chi connectivity index (χ1v) is 10.1. The van der Waals surface area contributed by atoms with Gasteiger partial charge in [0.25, 0.3) is 0 Å². The van der Waals surface area contributed by atoms with Crippen LogP contribution in [0, 0.1) is 0 Å². The molecule has 136 valence electrons. The van der Waals surface area contributed by atoms with Crippen molar-refractivity contribution in [1.29, 1.82) is 0 Å². The van der Waals surface area contributed by atoms with Crippen molar-refractivity contribution in [2.24, 2.45) is 0 Å². The van der Waals surface area contributed by atoms with Crippen molar-refractivity contribution in [3.05, 3.63) is 24.3 Å². The Balaban J connectivity index is 2.71. The molecule has 0 aliphatic heterocycles. The van der Waals surface area contributed by atoms with Gasteiger partial charge in [-0.1, -0.05) is 13.3 Å². The molecule has 0 saturated heterocycles. The van der Waals surface area contributed by atoms with Crippen LogP contribution in [0.1, 0.15) is 40.0 Å². The number of amides is 1. The van der Waals surface area contributed by atoms with Crippen LogP contribution in [-0.4, -0.2) is 39.8 Å². The minimum absolute atomic E-state index is 0.0500. The van der Waals surface area contributed by atoms with Crippen molar-refractivity contribution < 1.29 is 17.9 Å². The second kappa shape index (κ2) is 9.52. The summed E-state index contributed by atoms with van der Waals surface area (Å²) in [6, 6.07) is 6.90. The maximum atomic E-state index is 12.0. The highest BCUT2D eigenvalue weighted by Crippen LogP contribution is 2.22. The largest absolute Gasteiger partial charge is 0.491 e. The van der Waals surface area contributed by atoms with Crippen LogP contribution in [0.4, 0.5) is 5.69 Å². The first kappa shape index (κ1) is 20.3. The number of nitrogens with zero attached hydrogens (tertiary/aromatic N) is 1. The normalized spacial score (nSPS) is 11.4. The van der Waals surface area contributed by atoms with Crippen LogP contribution in [0.5, 0.6) is 5.75 Å².